The molecule has 0 aliphatic heterocycles. The molecule has 0 aliphatic rings. The molecule has 0 unspecified atom stereocenters. The van der Waals surface area contributed by atoms with Crippen molar-refractivity contribution in [2.75, 3.05) is 0 Å². The third-order valence-corrected chi connectivity index (χ3v) is 5.44. The number of benzene rings is 2. The summed E-state index contributed by atoms with van der Waals surface area (Å²) in [6.45, 7) is 1.93. The van der Waals surface area contributed by atoms with Crippen LogP contribution in [0.15, 0.2) is 83.9 Å². The van der Waals surface area contributed by atoms with Gasteiger partial charge in [0.15, 0.2) is 0 Å². The molecule has 5 aromatic rings. The van der Waals surface area contributed by atoms with Gasteiger partial charge < -0.3 is 0 Å². The highest BCUT2D eigenvalue weighted by Gasteiger charge is 2.16. The average Bonchev–Trinajstić information content (AvgIpc) is 3.15. The standard InChI is InChI=1S/C26H17ClN4O/c1-17-24(19-8-5-18(6-9-19)7-12-21-4-2-3-15-28-21)25-23(16-29-17)26(32)31(30-25)22-13-10-20(27)11-14-22/h2-6,8-11,13-16,30H,1H3. The minimum absolute atomic E-state index is 0.158. The van der Waals surface area contributed by atoms with Crippen molar-refractivity contribution in [3.05, 3.63) is 111 Å². The number of aromatic nitrogens is 4. The summed E-state index contributed by atoms with van der Waals surface area (Å²) in [5.74, 6) is 6.19. The maximum Gasteiger partial charge on any atom is 0.280 e. The van der Waals surface area contributed by atoms with Crippen LogP contribution in [0.4, 0.5) is 0 Å². The van der Waals surface area contributed by atoms with Crippen LogP contribution in [0.5, 0.6) is 0 Å². The number of H-pyrrole nitrogens is 1. The number of fused-ring (bicyclic) bond motifs is 1. The topological polar surface area (TPSA) is 63.6 Å². The van der Waals surface area contributed by atoms with Gasteiger partial charge in [-0.1, -0.05) is 35.7 Å². The fraction of sp³-hybridized carbons (Fsp3) is 0.0385. The molecule has 32 heavy (non-hydrogen) atoms. The van der Waals surface area contributed by atoms with Gasteiger partial charge in [-0.15, -0.1) is 0 Å². The van der Waals surface area contributed by atoms with E-state index < -0.39 is 0 Å². The normalized spacial score (nSPS) is 10.7. The second-order valence-electron chi connectivity index (χ2n) is 7.28. The second kappa shape index (κ2) is 8.18. The molecule has 0 radical (unpaired) electrons. The lowest BCUT2D eigenvalue weighted by Gasteiger charge is -2.07. The van der Waals surface area contributed by atoms with Crippen LogP contribution in [0, 0.1) is 18.8 Å². The van der Waals surface area contributed by atoms with Crippen LogP contribution in [0.25, 0.3) is 27.7 Å². The molecule has 1 N–H and O–H groups in total. The van der Waals surface area contributed by atoms with Gasteiger partial charge >= 0.3 is 0 Å². The molecule has 154 valence electrons. The molecule has 3 heterocycles. The fourth-order valence-corrected chi connectivity index (χ4v) is 3.71. The third-order valence-electron chi connectivity index (χ3n) is 5.18. The molecule has 0 bridgehead atoms. The summed E-state index contributed by atoms with van der Waals surface area (Å²) >= 11 is 5.99. The number of hydrogen-bond donors (Lipinski definition) is 1. The Morgan fingerprint density at radius 3 is 2.44 bits per heavy atom. The van der Waals surface area contributed by atoms with Crippen LogP contribution in [0.3, 0.4) is 0 Å². The second-order valence-corrected chi connectivity index (χ2v) is 7.71. The molecule has 3 aromatic heterocycles. The Bertz CT molecular complexity index is 1540. The summed E-state index contributed by atoms with van der Waals surface area (Å²) in [6, 6.07) is 20.6. The SMILES string of the molecule is Cc1ncc2c(=O)n(-c3ccc(Cl)cc3)[nH]c2c1-c1ccc(C#Cc2ccccn2)cc1. The minimum Gasteiger partial charge on any atom is -0.290 e. The highest BCUT2D eigenvalue weighted by Crippen LogP contribution is 2.29. The van der Waals surface area contributed by atoms with E-state index >= 15 is 0 Å². The lowest BCUT2D eigenvalue weighted by molar-refractivity contribution is 0.864. The van der Waals surface area contributed by atoms with Crippen LogP contribution >= 0.6 is 11.6 Å². The van der Waals surface area contributed by atoms with E-state index in [2.05, 4.69) is 26.9 Å². The first-order chi connectivity index (χ1) is 15.6. The third kappa shape index (κ3) is 3.68. The molecule has 5 nitrogen and oxygen atoms in total. The van der Waals surface area contributed by atoms with Crippen LogP contribution in [-0.4, -0.2) is 19.7 Å². The van der Waals surface area contributed by atoms with E-state index in [0.29, 0.717) is 16.1 Å². The Morgan fingerprint density at radius 2 is 1.72 bits per heavy atom. The molecule has 0 amide bonds. The van der Waals surface area contributed by atoms with E-state index in [-0.39, 0.29) is 5.56 Å². The smallest absolute Gasteiger partial charge is 0.280 e. The number of hydrogen-bond acceptors (Lipinski definition) is 3. The van der Waals surface area contributed by atoms with Gasteiger partial charge in [-0.3, -0.25) is 14.9 Å². The van der Waals surface area contributed by atoms with Crippen LogP contribution in [0.1, 0.15) is 17.0 Å². The number of rotatable bonds is 2. The van der Waals surface area contributed by atoms with E-state index in [1.807, 2.05) is 49.4 Å². The zero-order chi connectivity index (χ0) is 22.1. The van der Waals surface area contributed by atoms with Crippen molar-refractivity contribution in [1.29, 1.82) is 0 Å². The Hall–Kier alpha value is -4.14. The Morgan fingerprint density at radius 1 is 0.938 bits per heavy atom. The van der Waals surface area contributed by atoms with Gasteiger partial charge in [0.1, 0.15) is 5.69 Å². The molecule has 0 spiro atoms. The summed E-state index contributed by atoms with van der Waals surface area (Å²) in [4.78, 5) is 21.7. The zero-order valence-corrected chi connectivity index (χ0v) is 17.9. The van der Waals surface area contributed by atoms with Crippen molar-refractivity contribution in [1.82, 2.24) is 19.7 Å². The van der Waals surface area contributed by atoms with E-state index in [1.165, 1.54) is 4.68 Å². The van der Waals surface area contributed by atoms with Crippen molar-refractivity contribution < 1.29 is 0 Å². The lowest BCUT2D eigenvalue weighted by atomic mass is 10.0. The van der Waals surface area contributed by atoms with Crippen molar-refractivity contribution in [3.63, 3.8) is 0 Å². The molecule has 0 atom stereocenters. The molecule has 5 rings (SSSR count). The molecule has 2 aromatic carbocycles. The Labute approximate surface area is 189 Å². The van der Waals surface area contributed by atoms with E-state index in [0.717, 1.165) is 33.6 Å². The van der Waals surface area contributed by atoms with Crippen molar-refractivity contribution in [2.45, 2.75) is 6.92 Å². The maximum atomic E-state index is 13.0. The van der Waals surface area contributed by atoms with Gasteiger partial charge in [0.05, 0.1) is 16.6 Å². The number of nitrogens with one attached hydrogen (secondary N) is 1. The number of nitrogens with zero attached hydrogens (tertiary/aromatic N) is 3. The summed E-state index contributed by atoms with van der Waals surface area (Å²) < 4.78 is 1.51. The molecule has 0 saturated carbocycles. The monoisotopic (exact) mass is 436 g/mol. The number of aryl methyl sites for hydroxylation is 1. The van der Waals surface area contributed by atoms with Crippen molar-refractivity contribution >= 4 is 22.5 Å². The molecule has 6 heteroatoms. The molecule has 0 aliphatic carbocycles. The fourth-order valence-electron chi connectivity index (χ4n) is 3.59. The number of pyridine rings is 2. The van der Waals surface area contributed by atoms with E-state index in [4.69, 9.17) is 11.6 Å². The van der Waals surface area contributed by atoms with Crippen LogP contribution in [0.2, 0.25) is 5.02 Å². The van der Waals surface area contributed by atoms with Crippen LogP contribution in [-0.2, 0) is 0 Å². The molecule has 0 saturated heterocycles. The van der Waals surface area contributed by atoms with Gasteiger partial charge in [-0.2, -0.15) is 0 Å². The predicted octanol–water partition coefficient (Wildman–Crippen LogP) is 5.14. The van der Waals surface area contributed by atoms with Gasteiger partial charge in [-0.25, -0.2) is 9.67 Å². The van der Waals surface area contributed by atoms with Crippen molar-refractivity contribution in [2.24, 2.45) is 0 Å². The summed E-state index contributed by atoms with van der Waals surface area (Å²) in [5, 5.41) is 4.39. The average molecular weight is 437 g/mol. The zero-order valence-electron chi connectivity index (χ0n) is 17.1. The quantitative estimate of drug-likeness (QED) is 0.390. The Balaban J connectivity index is 1.57. The summed E-state index contributed by atoms with van der Waals surface area (Å²) in [7, 11) is 0. The van der Waals surface area contributed by atoms with Gasteiger partial charge in [0.2, 0.25) is 0 Å². The number of halogens is 1. The van der Waals surface area contributed by atoms with Gasteiger partial charge in [0, 0.05) is 34.2 Å². The first-order valence-corrected chi connectivity index (χ1v) is 10.4. The number of aromatic amines is 1. The summed E-state index contributed by atoms with van der Waals surface area (Å²) in [5.41, 5.74) is 5.56. The predicted molar refractivity (Wildman–Crippen MR) is 127 cm³/mol. The first-order valence-electron chi connectivity index (χ1n) is 10.00. The largest absolute Gasteiger partial charge is 0.290 e. The van der Waals surface area contributed by atoms with Gasteiger partial charge in [0.25, 0.3) is 5.56 Å². The van der Waals surface area contributed by atoms with E-state index in [1.54, 1.807) is 36.7 Å². The summed E-state index contributed by atoms with van der Waals surface area (Å²) in [6.07, 6.45) is 3.34. The Kier molecular flexibility index (Phi) is 5.06. The lowest BCUT2D eigenvalue weighted by Crippen LogP contribution is -2.14. The highest BCUT2D eigenvalue weighted by atomic mass is 35.5. The molecular weight excluding hydrogens is 420 g/mol. The van der Waals surface area contributed by atoms with Gasteiger partial charge in [-0.05, 0) is 66.9 Å². The van der Waals surface area contributed by atoms with Crippen LogP contribution < -0.4 is 5.56 Å². The first kappa shape index (κ1) is 19.8. The van der Waals surface area contributed by atoms with E-state index in [9.17, 15) is 4.79 Å². The maximum absolute atomic E-state index is 13.0. The highest BCUT2D eigenvalue weighted by molar-refractivity contribution is 6.30. The molecule has 0 fully saturated rings. The minimum atomic E-state index is -0.158. The molecular formula is C26H17ClN4O. The van der Waals surface area contributed by atoms with Crippen molar-refractivity contribution in [3.8, 4) is 28.7 Å².